The van der Waals surface area contributed by atoms with Crippen molar-refractivity contribution in [3.8, 4) is 5.69 Å². The molecule has 1 saturated heterocycles. The van der Waals surface area contributed by atoms with Gasteiger partial charge in [-0.05, 0) is 50.1 Å². The molecule has 3 heterocycles. The lowest BCUT2D eigenvalue weighted by atomic mass is 9.98. The van der Waals surface area contributed by atoms with E-state index in [-0.39, 0.29) is 23.5 Å². The highest BCUT2D eigenvalue weighted by molar-refractivity contribution is 9.10. The topological polar surface area (TPSA) is 103 Å². The molecule has 1 atom stereocenters. The average Bonchev–Trinajstić information content (AvgIpc) is 3.27. The molecule has 9 nitrogen and oxygen atoms in total. The van der Waals surface area contributed by atoms with Crippen LogP contribution in [0.5, 0.6) is 0 Å². The summed E-state index contributed by atoms with van der Waals surface area (Å²) in [5.74, 6) is -0.411. The maximum atomic E-state index is 13.5. The summed E-state index contributed by atoms with van der Waals surface area (Å²) in [5.41, 5.74) is 1.71. The quantitative estimate of drug-likeness (QED) is 0.259. The molecule has 3 aromatic rings. The van der Waals surface area contributed by atoms with Crippen molar-refractivity contribution in [1.82, 2.24) is 29.9 Å². The fourth-order valence-electron chi connectivity index (χ4n) is 3.64. The van der Waals surface area contributed by atoms with Crippen LogP contribution in [-0.2, 0) is 15.3 Å². The van der Waals surface area contributed by atoms with Gasteiger partial charge >= 0.3 is 5.97 Å². The minimum absolute atomic E-state index is 0.239. The van der Waals surface area contributed by atoms with E-state index < -0.39 is 0 Å². The number of halogens is 1. The van der Waals surface area contributed by atoms with Gasteiger partial charge in [0.25, 0.3) is 5.91 Å². The van der Waals surface area contributed by atoms with Crippen molar-refractivity contribution in [3.05, 3.63) is 58.6 Å². The summed E-state index contributed by atoms with van der Waals surface area (Å²) in [6, 6.07) is 9.37. The first-order valence-corrected chi connectivity index (χ1v) is 12.4. The number of carbonyl (C=O) groups excluding carboxylic acids is 2. The molecule has 1 aliphatic heterocycles. The van der Waals surface area contributed by atoms with Crippen LogP contribution >= 0.6 is 27.7 Å². The van der Waals surface area contributed by atoms with Crippen molar-refractivity contribution in [2.75, 3.05) is 19.7 Å². The molecule has 1 amide bonds. The predicted octanol–water partition coefficient (Wildman–Crippen LogP) is 3.53. The molecule has 1 unspecified atom stereocenters. The second-order valence-electron chi connectivity index (χ2n) is 7.44. The van der Waals surface area contributed by atoms with Gasteiger partial charge in [0.1, 0.15) is 0 Å². The summed E-state index contributed by atoms with van der Waals surface area (Å²) in [6.45, 7) is 2.99. The van der Waals surface area contributed by atoms with Crippen LogP contribution in [0.25, 0.3) is 5.69 Å². The lowest BCUT2D eigenvalue weighted by Gasteiger charge is -2.31. The Morgan fingerprint density at radius 2 is 1.97 bits per heavy atom. The van der Waals surface area contributed by atoms with E-state index >= 15 is 0 Å². The molecule has 1 aromatic carbocycles. The van der Waals surface area contributed by atoms with Crippen LogP contribution in [-0.4, -0.2) is 61.4 Å². The zero-order chi connectivity index (χ0) is 23.2. The second kappa shape index (κ2) is 10.9. The number of likely N-dealkylation sites (tertiary alicyclic amines) is 1. The molecule has 0 aliphatic carbocycles. The van der Waals surface area contributed by atoms with E-state index in [2.05, 4.69) is 36.2 Å². The first-order chi connectivity index (χ1) is 16.1. The number of hydrogen-bond acceptors (Lipinski definition) is 8. The molecule has 11 heteroatoms. The first-order valence-electron chi connectivity index (χ1n) is 10.6. The second-order valence-corrected chi connectivity index (χ2v) is 9.29. The molecule has 1 aliphatic rings. The zero-order valence-electron chi connectivity index (χ0n) is 18.1. The van der Waals surface area contributed by atoms with Crippen LogP contribution < -0.4 is 0 Å². The summed E-state index contributed by atoms with van der Waals surface area (Å²) in [4.78, 5) is 35.9. The van der Waals surface area contributed by atoms with Crippen LogP contribution in [0.4, 0.5) is 0 Å². The van der Waals surface area contributed by atoms with Crippen LogP contribution in [0.3, 0.4) is 0 Å². The minimum Gasteiger partial charge on any atom is -0.466 e. The van der Waals surface area contributed by atoms with E-state index in [1.807, 2.05) is 24.3 Å². The Labute approximate surface area is 204 Å². The molecule has 33 heavy (non-hydrogen) atoms. The van der Waals surface area contributed by atoms with Gasteiger partial charge in [-0.25, -0.2) is 14.6 Å². The fourth-order valence-corrected chi connectivity index (χ4v) is 4.70. The number of rotatable bonds is 7. The lowest BCUT2D eigenvalue weighted by Crippen LogP contribution is -2.43. The van der Waals surface area contributed by atoms with E-state index in [4.69, 9.17) is 4.74 Å². The smallest absolute Gasteiger partial charge is 0.310 e. The molecular formula is C22H23BrN6O3S. The molecule has 0 radical (unpaired) electrons. The SMILES string of the molecule is CCOC(=O)C1CCCN(C(=O)c2nnn(-c3ccc(Br)cc3)c2CSc2ncccn2)C1. The van der Waals surface area contributed by atoms with Crippen molar-refractivity contribution in [2.45, 2.75) is 30.7 Å². The van der Waals surface area contributed by atoms with Gasteiger partial charge in [-0.1, -0.05) is 32.9 Å². The number of nitrogens with zero attached hydrogens (tertiary/aromatic N) is 6. The van der Waals surface area contributed by atoms with Crippen molar-refractivity contribution in [2.24, 2.45) is 5.92 Å². The number of carbonyl (C=O) groups is 2. The van der Waals surface area contributed by atoms with E-state index in [9.17, 15) is 9.59 Å². The van der Waals surface area contributed by atoms with E-state index in [1.165, 1.54) is 11.8 Å². The Balaban J connectivity index is 1.61. The molecule has 0 saturated carbocycles. The van der Waals surface area contributed by atoms with Gasteiger partial charge in [0.05, 0.1) is 23.9 Å². The Hall–Kier alpha value is -2.79. The third-order valence-electron chi connectivity index (χ3n) is 5.25. The van der Waals surface area contributed by atoms with Crippen LogP contribution in [0.1, 0.15) is 35.9 Å². The number of piperidine rings is 1. The number of hydrogen-bond donors (Lipinski definition) is 0. The largest absolute Gasteiger partial charge is 0.466 e. The Kier molecular flexibility index (Phi) is 7.71. The maximum Gasteiger partial charge on any atom is 0.310 e. The highest BCUT2D eigenvalue weighted by atomic mass is 79.9. The Morgan fingerprint density at radius 3 is 2.70 bits per heavy atom. The van der Waals surface area contributed by atoms with Crippen LogP contribution in [0.15, 0.2) is 52.4 Å². The molecule has 4 rings (SSSR count). The predicted molar refractivity (Wildman–Crippen MR) is 126 cm³/mol. The number of amides is 1. The normalized spacial score (nSPS) is 15.9. The molecule has 172 valence electrons. The van der Waals surface area contributed by atoms with Crippen molar-refractivity contribution >= 4 is 39.6 Å². The third-order valence-corrected chi connectivity index (χ3v) is 6.66. The lowest BCUT2D eigenvalue weighted by molar-refractivity contribution is -0.149. The molecule has 0 spiro atoms. The number of benzene rings is 1. The summed E-state index contributed by atoms with van der Waals surface area (Å²) in [6.07, 6.45) is 4.80. The van der Waals surface area contributed by atoms with Gasteiger partial charge in [0.2, 0.25) is 0 Å². The molecule has 0 N–H and O–H groups in total. The standard InChI is InChI=1S/C22H23BrN6O3S/c1-2-32-21(31)15-5-3-12-28(13-15)20(30)19-18(14-33-22-24-10-4-11-25-22)29(27-26-19)17-8-6-16(23)7-9-17/h4,6-11,15H,2-3,5,12-14H2,1H3. The first kappa shape index (κ1) is 23.4. The Morgan fingerprint density at radius 1 is 1.21 bits per heavy atom. The van der Waals surface area contributed by atoms with Gasteiger partial charge in [0.15, 0.2) is 10.9 Å². The van der Waals surface area contributed by atoms with Gasteiger partial charge in [-0.3, -0.25) is 9.59 Å². The summed E-state index contributed by atoms with van der Waals surface area (Å²) in [5, 5.41) is 9.13. The van der Waals surface area contributed by atoms with E-state index in [0.29, 0.717) is 42.7 Å². The van der Waals surface area contributed by atoms with E-state index in [0.717, 1.165) is 16.6 Å². The number of thioether (sulfide) groups is 1. The van der Waals surface area contributed by atoms with Gasteiger partial charge in [0, 0.05) is 35.7 Å². The highest BCUT2D eigenvalue weighted by Crippen LogP contribution is 2.26. The fraction of sp³-hybridized carbons (Fsp3) is 0.364. The van der Waals surface area contributed by atoms with Crippen LogP contribution in [0.2, 0.25) is 0 Å². The highest BCUT2D eigenvalue weighted by Gasteiger charge is 2.32. The summed E-state index contributed by atoms with van der Waals surface area (Å²) in [7, 11) is 0. The van der Waals surface area contributed by atoms with Gasteiger partial charge in [-0.2, -0.15) is 0 Å². The Bertz CT molecular complexity index is 1110. The average molecular weight is 531 g/mol. The molecule has 0 bridgehead atoms. The van der Waals surface area contributed by atoms with Crippen molar-refractivity contribution < 1.29 is 14.3 Å². The zero-order valence-corrected chi connectivity index (χ0v) is 20.5. The molecule has 2 aromatic heterocycles. The number of esters is 1. The van der Waals surface area contributed by atoms with E-state index in [1.54, 1.807) is 35.0 Å². The van der Waals surface area contributed by atoms with Gasteiger partial charge in [-0.15, -0.1) is 5.10 Å². The molecule has 1 fully saturated rings. The minimum atomic E-state index is -0.320. The van der Waals surface area contributed by atoms with Crippen molar-refractivity contribution in [1.29, 1.82) is 0 Å². The van der Waals surface area contributed by atoms with Crippen LogP contribution in [0, 0.1) is 5.92 Å². The van der Waals surface area contributed by atoms with Crippen molar-refractivity contribution in [3.63, 3.8) is 0 Å². The monoisotopic (exact) mass is 530 g/mol. The summed E-state index contributed by atoms with van der Waals surface area (Å²) >= 11 is 4.85. The number of aromatic nitrogens is 5. The maximum absolute atomic E-state index is 13.5. The van der Waals surface area contributed by atoms with Gasteiger partial charge < -0.3 is 9.64 Å². The molecular weight excluding hydrogens is 508 g/mol. The third kappa shape index (κ3) is 5.59. The summed E-state index contributed by atoms with van der Waals surface area (Å²) < 4.78 is 7.78. The number of ether oxygens (including phenoxy) is 1.